The first kappa shape index (κ1) is 21.8. The lowest BCUT2D eigenvalue weighted by Gasteiger charge is -2.22. The zero-order valence-electron chi connectivity index (χ0n) is 15.3. The van der Waals surface area contributed by atoms with Crippen LogP contribution in [0.1, 0.15) is 6.42 Å². The third kappa shape index (κ3) is 5.20. The molecule has 1 aliphatic rings. The normalized spacial score (nSPS) is 16.5. The highest BCUT2D eigenvalue weighted by Gasteiger charge is 2.28. The maximum absolute atomic E-state index is 13.1. The van der Waals surface area contributed by atoms with E-state index in [2.05, 4.69) is 4.72 Å². The first-order chi connectivity index (χ1) is 13.7. The molecule has 29 heavy (non-hydrogen) atoms. The van der Waals surface area contributed by atoms with E-state index in [4.69, 9.17) is 0 Å². The van der Waals surface area contributed by atoms with Crippen LogP contribution in [0.25, 0.3) is 0 Å². The number of carbonyl (C=O) groups excluding carboxylic acids is 1. The van der Waals surface area contributed by atoms with Crippen molar-refractivity contribution < 1.29 is 26.0 Å². The van der Waals surface area contributed by atoms with Gasteiger partial charge >= 0.3 is 0 Å². The predicted octanol–water partition coefficient (Wildman–Crippen LogP) is 1.09. The third-order valence-corrected chi connectivity index (χ3v) is 9.14. The molecule has 1 aromatic carbocycles. The summed E-state index contributed by atoms with van der Waals surface area (Å²) in [7, 11) is -7.55. The Bertz CT molecular complexity index is 1050. The van der Waals surface area contributed by atoms with E-state index in [0.717, 1.165) is 23.5 Å². The van der Waals surface area contributed by atoms with Gasteiger partial charge in [0.2, 0.25) is 15.9 Å². The molecule has 3 rings (SSSR count). The summed E-state index contributed by atoms with van der Waals surface area (Å²) in [6, 6.07) is 7.63. The second kappa shape index (κ2) is 8.88. The first-order valence-corrected chi connectivity index (χ1v) is 12.6. The summed E-state index contributed by atoms with van der Waals surface area (Å²) < 4.78 is 66.4. The van der Waals surface area contributed by atoms with E-state index in [1.165, 1.54) is 27.4 Å². The van der Waals surface area contributed by atoms with E-state index in [-0.39, 0.29) is 28.7 Å². The summed E-state index contributed by atoms with van der Waals surface area (Å²) in [5.41, 5.74) is 0. The van der Waals surface area contributed by atoms with Crippen LogP contribution in [0.2, 0.25) is 0 Å². The van der Waals surface area contributed by atoms with Crippen molar-refractivity contribution in [3.63, 3.8) is 0 Å². The summed E-state index contributed by atoms with van der Waals surface area (Å²) in [6.07, 6.45) is 0.407. The molecule has 0 atom stereocenters. The van der Waals surface area contributed by atoms with Crippen molar-refractivity contribution in [1.82, 2.24) is 13.9 Å². The van der Waals surface area contributed by atoms with Crippen LogP contribution in [-0.4, -0.2) is 64.7 Å². The summed E-state index contributed by atoms with van der Waals surface area (Å²) >= 11 is 1.05. The highest BCUT2D eigenvalue weighted by Crippen LogP contribution is 2.18. The van der Waals surface area contributed by atoms with E-state index in [1.54, 1.807) is 11.4 Å². The van der Waals surface area contributed by atoms with Gasteiger partial charge in [-0.2, -0.15) is 4.31 Å². The Labute approximate surface area is 173 Å². The number of nitrogens with one attached hydrogen (secondary N) is 1. The molecule has 12 heteroatoms. The number of rotatable bonds is 6. The van der Waals surface area contributed by atoms with Crippen molar-refractivity contribution >= 4 is 37.3 Å². The van der Waals surface area contributed by atoms with Crippen LogP contribution in [0, 0.1) is 5.82 Å². The minimum Gasteiger partial charge on any atom is -0.340 e. The molecule has 2 aromatic rings. The monoisotopic (exact) mass is 461 g/mol. The minimum atomic E-state index is -3.80. The lowest BCUT2D eigenvalue weighted by molar-refractivity contribution is -0.129. The Morgan fingerprint density at radius 2 is 1.76 bits per heavy atom. The van der Waals surface area contributed by atoms with Crippen molar-refractivity contribution in [2.75, 3.05) is 32.7 Å². The molecule has 8 nitrogen and oxygen atoms in total. The highest BCUT2D eigenvalue weighted by molar-refractivity contribution is 7.91. The number of carbonyl (C=O) groups is 1. The second-order valence-electron chi connectivity index (χ2n) is 6.35. The van der Waals surface area contributed by atoms with Crippen LogP contribution in [0.15, 0.2) is 50.9 Å². The second-order valence-corrected chi connectivity index (χ2v) is 11.2. The van der Waals surface area contributed by atoms with Crippen LogP contribution in [0.4, 0.5) is 4.39 Å². The van der Waals surface area contributed by atoms with Crippen molar-refractivity contribution in [1.29, 1.82) is 0 Å². The molecule has 1 amide bonds. The quantitative estimate of drug-likeness (QED) is 0.694. The highest BCUT2D eigenvalue weighted by atomic mass is 32.2. The molecule has 0 unspecified atom stereocenters. The van der Waals surface area contributed by atoms with Gasteiger partial charge in [-0.3, -0.25) is 4.79 Å². The lowest BCUT2D eigenvalue weighted by Crippen LogP contribution is -2.42. The molecule has 0 spiro atoms. The molecule has 1 aromatic heterocycles. The van der Waals surface area contributed by atoms with Crippen LogP contribution >= 0.6 is 11.3 Å². The molecule has 158 valence electrons. The standard InChI is InChI=1S/C17H20FN3O5S3/c18-14-4-6-15(7-5-14)29(25,26)21-9-2-8-20(10-11-21)16(22)13-19-28(23,24)17-3-1-12-27-17/h1,3-7,12,19H,2,8-11,13H2. The van der Waals surface area contributed by atoms with E-state index < -0.39 is 38.3 Å². The Kier molecular flexibility index (Phi) is 6.69. The zero-order valence-corrected chi connectivity index (χ0v) is 17.8. The van der Waals surface area contributed by atoms with Crippen molar-refractivity contribution in [2.45, 2.75) is 15.5 Å². The molecule has 1 aliphatic heterocycles. The third-order valence-electron chi connectivity index (χ3n) is 4.43. The van der Waals surface area contributed by atoms with E-state index in [9.17, 15) is 26.0 Å². The molecular weight excluding hydrogens is 441 g/mol. The van der Waals surface area contributed by atoms with Crippen molar-refractivity contribution in [3.8, 4) is 0 Å². The smallest absolute Gasteiger partial charge is 0.250 e. The number of nitrogens with zero attached hydrogens (tertiary/aromatic N) is 2. The summed E-state index contributed by atoms with van der Waals surface area (Å²) in [5, 5.41) is 1.63. The number of halogens is 1. The van der Waals surface area contributed by atoms with Crippen molar-refractivity contribution in [2.24, 2.45) is 0 Å². The number of hydrogen-bond donors (Lipinski definition) is 1. The Morgan fingerprint density at radius 3 is 2.41 bits per heavy atom. The number of sulfonamides is 2. The molecule has 1 N–H and O–H groups in total. The van der Waals surface area contributed by atoms with Gasteiger partial charge in [0.25, 0.3) is 10.0 Å². The molecule has 0 saturated carbocycles. The maximum Gasteiger partial charge on any atom is 0.250 e. The molecule has 0 bridgehead atoms. The van der Waals surface area contributed by atoms with E-state index in [1.807, 2.05) is 0 Å². The average molecular weight is 462 g/mol. The van der Waals surface area contributed by atoms with Crippen LogP contribution in [0.5, 0.6) is 0 Å². The largest absolute Gasteiger partial charge is 0.340 e. The number of hydrogen-bond acceptors (Lipinski definition) is 6. The topological polar surface area (TPSA) is 104 Å². The van der Waals surface area contributed by atoms with Gasteiger partial charge in [0.05, 0.1) is 11.4 Å². The van der Waals surface area contributed by atoms with Gasteiger partial charge in [0, 0.05) is 26.2 Å². The maximum atomic E-state index is 13.1. The predicted molar refractivity (Wildman–Crippen MR) is 106 cm³/mol. The Balaban J connectivity index is 1.60. The van der Waals surface area contributed by atoms with Crippen molar-refractivity contribution in [3.05, 3.63) is 47.6 Å². The summed E-state index contributed by atoms with van der Waals surface area (Å²) in [6.45, 7) is 0.341. The van der Waals surface area contributed by atoms with E-state index >= 15 is 0 Å². The van der Waals surface area contributed by atoms with Gasteiger partial charge in [-0.15, -0.1) is 11.3 Å². The zero-order chi connectivity index (χ0) is 21.1. The molecule has 1 saturated heterocycles. The lowest BCUT2D eigenvalue weighted by atomic mass is 10.4. The van der Waals surface area contributed by atoms with Gasteiger partial charge in [-0.05, 0) is 42.1 Å². The van der Waals surface area contributed by atoms with Gasteiger partial charge in [-0.1, -0.05) is 6.07 Å². The van der Waals surface area contributed by atoms with Crippen LogP contribution < -0.4 is 4.72 Å². The van der Waals surface area contributed by atoms with Gasteiger partial charge in [-0.25, -0.2) is 25.9 Å². The summed E-state index contributed by atoms with van der Waals surface area (Å²) in [4.78, 5) is 13.9. The number of amides is 1. The fraction of sp³-hybridized carbons (Fsp3) is 0.353. The molecule has 2 heterocycles. The molecule has 0 aliphatic carbocycles. The first-order valence-electron chi connectivity index (χ1n) is 8.77. The van der Waals surface area contributed by atoms with Crippen LogP contribution in [-0.2, 0) is 24.8 Å². The van der Waals surface area contributed by atoms with E-state index in [0.29, 0.717) is 13.0 Å². The number of thiophene rings is 1. The number of benzene rings is 1. The SMILES string of the molecule is O=C(CNS(=O)(=O)c1cccs1)N1CCCN(S(=O)(=O)c2ccc(F)cc2)CC1. The van der Waals surface area contributed by atoms with Gasteiger partial charge < -0.3 is 4.90 Å². The fourth-order valence-corrected chi connectivity index (χ4v) is 6.38. The molecular formula is C17H20FN3O5S3. The fourth-order valence-electron chi connectivity index (χ4n) is 2.90. The molecule has 1 fully saturated rings. The average Bonchev–Trinajstić information content (AvgIpc) is 3.12. The van der Waals surface area contributed by atoms with Gasteiger partial charge in [0.15, 0.2) is 0 Å². The minimum absolute atomic E-state index is 0.0117. The van der Waals surface area contributed by atoms with Gasteiger partial charge in [0.1, 0.15) is 10.0 Å². The summed E-state index contributed by atoms with van der Waals surface area (Å²) in [5.74, 6) is -0.951. The molecule has 0 radical (unpaired) electrons. The Morgan fingerprint density at radius 1 is 1.03 bits per heavy atom. The van der Waals surface area contributed by atoms with Crippen LogP contribution in [0.3, 0.4) is 0 Å². The Hall–Kier alpha value is -1.86.